The zero-order valence-corrected chi connectivity index (χ0v) is 12.9. The summed E-state index contributed by atoms with van der Waals surface area (Å²) in [6.45, 7) is 2.85. The second-order valence-electron chi connectivity index (χ2n) is 5.36. The van der Waals surface area contributed by atoms with Crippen LogP contribution in [0.15, 0.2) is 24.3 Å². The molecule has 1 aliphatic rings. The van der Waals surface area contributed by atoms with Crippen molar-refractivity contribution in [3.63, 3.8) is 0 Å². The molecule has 5 heteroatoms. The second-order valence-corrected chi connectivity index (χ2v) is 5.77. The van der Waals surface area contributed by atoms with Gasteiger partial charge in [0.1, 0.15) is 0 Å². The van der Waals surface area contributed by atoms with E-state index >= 15 is 0 Å². The minimum atomic E-state index is -0.0314. The van der Waals surface area contributed by atoms with E-state index in [4.69, 9.17) is 16.9 Å². The fraction of sp³-hybridized carbons (Fsp3) is 0.500. The van der Waals surface area contributed by atoms with E-state index in [2.05, 4.69) is 17.1 Å². The summed E-state index contributed by atoms with van der Waals surface area (Å²) in [7, 11) is 0. The first-order valence-corrected chi connectivity index (χ1v) is 7.65. The van der Waals surface area contributed by atoms with Gasteiger partial charge in [-0.25, -0.2) is 0 Å². The first kappa shape index (κ1) is 15.8. The fourth-order valence-corrected chi connectivity index (χ4v) is 2.75. The third-order valence-electron chi connectivity index (χ3n) is 3.75. The molecule has 2 rings (SSSR count). The van der Waals surface area contributed by atoms with Crippen LogP contribution >= 0.6 is 11.6 Å². The summed E-state index contributed by atoms with van der Waals surface area (Å²) in [5.41, 5.74) is 1.05. The summed E-state index contributed by atoms with van der Waals surface area (Å²) in [6.07, 6.45) is 2.59. The van der Waals surface area contributed by atoms with Gasteiger partial charge in [-0.05, 0) is 31.4 Å². The quantitative estimate of drug-likeness (QED) is 0.788. The third kappa shape index (κ3) is 4.45. The van der Waals surface area contributed by atoms with Crippen molar-refractivity contribution in [2.45, 2.75) is 38.3 Å². The van der Waals surface area contributed by atoms with Gasteiger partial charge < -0.3 is 5.32 Å². The molecule has 1 atom stereocenters. The Labute approximate surface area is 130 Å². The lowest BCUT2D eigenvalue weighted by molar-refractivity contribution is -0.122. The van der Waals surface area contributed by atoms with Crippen LogP contribution in [0.1, 0.15) is 37.8 Å². The van der Waals surface area contributed by atoms with Crippen LogP contribution in [0.5, 0.6) is 0 Å². The first-order valence-electron chi connectivity index (χ1n) is 7.27. The van der Waals surface area contributed by atoms with Gasteiger partial charge in [-0.3, -0.25) is 9.69 Å². The molecule has 1 unspecified atom stereocenters. The van der Waals surface area contributed by atoms with Gasteiger partial charge in [0.25, 0.3) is 0 Å². The average Bonchev–Trinajstić information content (AvgIpc) is 3.29. The Balaban J connectivity index is 2.01. The SMILES string of the molecule is CC(c1ccccc1Cl)N(CC(=O)NCCC#N)C1CC1. The van der Waals surface area contributed by atoms with Crippen LogP contribution in [0.4, 0.5) is 0 Å². The van der Waals surface area contributed by atoms with Crippen molar-refractivity contribution < 1.29 is 4.79 Å². The number of nitrogens with one attached hydrogen (secondary N) is 1. The van der Waals surface area contributed by atoms with E-state index < -0.39 is 0 Å². The van der Waals surface area contributed by atoms with Crippen LogP contribution in [0.3, 0.4) is 0 Å². The molecule has 1 amide bonds. The largest absolute Gasteiger partial charge is 0.354 e. The van der Waals surface area contributed by atoms with Crippen molar-refractivity contribution in [1.82, 2.24) is 10.2 Å². The van der Waals surface area contributed by atoms with E-state index in [1.807, 2.05) is 30.3 Å². The molecule has 0 saturated heterocycles. The number of amides is 1. The van der Waals surface area contributed by atoms with Crippen LogP contribution in [-0.4, -0.2) is 29.9 Å². The van der Waals surface area contributed by atoms with Gasteiger partial charge in [0, 0.05) is 23.7 Å². The summed E-state index contributed by atoms with van der Waals surface area (Å²) in [6, 6.07) is 10.4. The lowest BCUT2D eigenvalue weighted by Gasteiger charge is -2.29. The molecule has 0 aromatic heterocycles. The Morgan fingerprint density at radius 2 is 2.24 bits per heavy atom. The monoisotopic (exact) mass is 305 g/mol. The topological polar surface area (TPSA) is 56.1 Å². The molecule has 0 radical (unpaired) electrons. The molecular formula is C16H20ClN3O. The molecule has 112 valence electrons. The number of nitriles is 1. The molecule has 1 fully saturated rings. The Kier molecular flexibility index (Phi) is 5.60. The van der Waals surface area contributed by atoms with Gasteiger partial charge >= 0.3 is 0 Å². The van der Waals surface area contributed by atoms with Gasteiger partial charge in [0.15, 0.2) is 0 Å². The molecule has 0 bridgehead atoms. The molecule has 21 heavy (non-hydrogen) atoms. The normalized spacial score (nSPS) is 15.5. The molecule has 4 nitrogen and oxygen atoms in total. The van der Waals surface area contributed by atoms with Crippen molar-refractivity contribution in [3.05, 3.63) is 34.9 Å². The van der Waals surface area contributed by atoms with E-state index in [1.54, 1.807) is 0 Å². The maximum atomic E-state index is 12.0. The molecule has 1 N–H and O–H groups in total. The molecule has 0 aliphatic heterocycles. The minimum Gasteiger partial charge on any atom is -0.354 e. The van der Waals surface area contributed by atoms with Crippen molar-refractivity contribution in [2.75, 3.05) is 13.1 Å². The van der Waals surface area contributed by atoms with E-state index in [0.717, 1.165) is 23.4 Å². The van der Waals surface area contributed by atoms with E-state index in [-0.39, 0.29) is 11.9 Å². The zero-order valence-electron chi connectivity index (χ0n) is 12.2. The number of hydrogen-bond acceptors (Lipinski definition) is 3. The molecule has 0 heterocycles. The summed E-state index contributed by atoms with van der Waals surface area (Å²) >= 11 is 6.26. The van der Waals surface area contributed by atoms with Crippen molar-refractivity contribution >= 4 is 17.5 Å². The number of halogens is 1. The highest BCUT2D eigenvalue weighted by molar-refractivity contribution is 6.31. The maximum Gasteiger partial charge on any atom is 0.234 e. The number of carbonyl (C=O) groups excluding carboxylic acids is 1. The molecule has 1 saturated carbocycles. The van der Waals surface area contributed by atoms with Crippen molar-refractivity contribution in [2.24, 2.45) is 0 Å². The lowest BCUT2D eigenvalue weighted by Crippen LogP contribution is -2.40. The van der Waals surface area contributed by atoms with E-state index in [0.29, 0.717) is 25.6 Å². The summed E-state index contributed by atoms with van der Waals surface area (Å²) in [4.78, 5) is 14.2. The van der Waals surface area contributed by atoms with Gasteiger partial charge in [-0.1, -0.05) is 29.8 Å². The Bertz CT molecular complexity index is 537. The standard InChI is InChI=1S/C16H20ClN3O/c1-12(14-5-2-3-6-15(14)17)20(13-7-8-13)11-16(21)19-10-4-9-18/h2-3,5-6,12-13H,4,7-8,10-11H2,1H3,(H,19,21). The summed E-state index contributed by atoms with van der Waals surface area (Å²) < 4.78 is 0. The second kappa shape index (κ2) is 7.44. The third-order valence-corrected chi connectivity index (χ3v) is 4.10. The highest BCUT2D eigenvalue weighted by atomic mass is 35.5. The molecule has 0 spiro atoms. The van der Waals surface area contributed by atoms with Crippen LogP contribution in [-0.2, 0) is 4.79 Å². The van der Waals surface area contributed by atoms with Gasteiger partial charge in [0.05, 0.1) is 19.0 Å². The molecule has 1 aliphatic carbocycles. The molecule has 1 aromatic rings. The van der Waals surface area contributed by atoms with Crippen LogP contribution in [0, 0.1) is 11.3 Å². The molecule has 1 aromatic carbocycles. The average molecular weight is 306 g/mol. The van der Waals surface area contributed by atoms with Gasteiger partial charge in [-0.2, -0.15) is 5.26 Å². The van der Waals surface area contributed by atoms with Gasteiger partial charge in [0.2, 0.25) is 5.91 Å². The van der Waals surface area contributed by atoms with E-state index in [9.17, 15) is 4.79 Å². The Morgan fingerprint density at radius 1 is 1.52 bits per heavy atom. The lowest BCUT2D eigenvalue weighted by atomic mass is 10.1. The number of benzene rings is 1. The van der Waals surface area contributed by atoms with Crippen molar-refractivity contribution in [3.8, 4) is 6.07 Å². The van der Waals surface area contributed by atoms with Crippen LogP contribution < -0.4 is 5.32 Å². The highest BCUT2D eigenvalue weighted by Gasteiger charge is 2.34. The van der Waals surface area contributed by atoms with Crippen LogP contribution in [0.2, 0.25) is 5.02 Å². The number of hydrogen-bond donors (Lipinski definition) is 1. The molecular weight excluding hydrogens is 286 g/mol. The van der Waals surface area contributed by atoms with E-state index in [1.165, 1.54) is 0 Å². The predicted molar refractivity (Wildman–Crippen MR) is 82.8 cm³/mol. The van der Waals surface area contributed by atoms with Crippen LogP contribution in [0.25, 0.3) is 0 Å². The first-order chi connectivity index (χ1) is 10.1. The van der Waals surface area contributed by atoms with Crippen molar-refractivity contribution in [1.29, 1.82) is 5.26 Å². The number of carbonyl (C=O) groups is 1. The van der Waals surface area contributed by atoms with Gasteiger partial charge in [-0.15, -0.1) is 0 Å². The number of rotatable bonds is 7. The Hall–Kier alpha value is -1.57. The minimum absolute atomic E-state index is 0.0314. The highest BCUT2D eigenvalue weighted by Crippen LogP contribution is 2.36. The fourth-order valence-electron chi connectivity index (χ4n) is 2.46. The maximum absolute atomic E-state index is 12.0. The summed E-state index contributed by atoms with van der Waals surface area (Å²) in [5.74, 6) is -0.0314. The zero-order chi connectivity index (χ0) is 15.2. The number of nitrogens with zero attached hydrogens (tertiary/aromatic N) is 2. The predicted octanol–water partition coefficient (Wildman–Crippen LogP) is 2.90. The Morgan fingerprint density at radius 3 is 2.86 bits per heavy atom. The summed E-state index contributed by atoms with van der Waals surface area (Å²) in [5, 5.41) is 12.0. The smallest absolute Gasteiger partial charge is 0.234 e.